The highest BCUT2D eigenvalue weighted by Crippen LogP contribution is 2.26. The average Bonchev–Trinajstić information content (AvgIpc) is 3.07. The lowest BCUT2D eigenvalue weighted by Gasteiger charge is -2.25. The summed E-state index contributed by atoms with van der Waals surface area (Å²) in [5.41, 5.74) is 7.80. The summed E-state index contributed by atoms with van der Waals surface area (Å²) in [5.74, 6) is -1.93. The van der Waals surface area contributed by atoms with Crippen LogP contribution < -0.4 is 11.1 Å². The number of amides is 4. The average molecular weight is 427 g/mol. The molecular formula is C25H21N3O4. The molecule has 1 heterocycles. The van der Waals surface area contributed by atoms with Crippen LogP contribution >= 0.6 is 0 Å². The molecule has 32 heavy (non-hydrogen) atoms. The fourth-order valence-corrected chi connectivity index (χ4v) is 3.72. The molecule has 0 fully saturated rings. The molecule has 3 aromatic carbocycles. The van der Waals surface area contributed by atoms with Crippen LogP contribution in [0.1, 0.15) is 42.2 Å². The molecule has 1 aliphatic heterocycles. The monoisotopic (exact) mass is 427 g/mol. The van der Waals surface area contributed by atoms with Crippen molar-refractivity contribution in [2.75, 3.05) is 0 Å². The Balaban J connectivity index is 1.57. The maximum absolute atomic E-state index is 13.2. The smallest absolute Gasteiger partial charge is 0.262 e. The number of benzene rings is 3. The zero-order chi connectivity index (χ0) is 22.7. The summed E-state index contributed by atoms with van der Waals surface area (Å²) in [6.45, 7) is 0.173. The van der Waals surface area contributed by atoms with E-state index in [9.17, 15) is 19.2 Å². The Bertz CT molecular complexity index is 1150. The SMILES string of the molecule is NC(=O)c1ccc(CNC(=O)C(Cc2ccccc2)N2C(=O)c3ccccc3C2=O)cc1. The van der Waals surface area contributed by atoms with Gasteiger partial charge in [0, 0.05) is 18.5 Å². The topological polar surface area (TPSA) is 110 Å². The maximum Gasteiger partial charge on any atom is 0.262 e. The van der Waals surface area contributed by atoms with Crippen molar-refractivity contribution in [2.45, 2.75) is 19.0 Å². The minimum atomic E-state index is -1.00. The largest absolute Gasteiger partial charge is 0.366 e. The Labute approximate surface area is 184 Å². The Morgan fingerprint density at radius 3 is 1.91 bits per heavy atom. The van der Waals surface area contributed by atoms with Gasteiger partial charge in [-0.15, -0.1) is 0 Å². The van der Waals surface area contributed by atoms with Crippen molar-refractivity contribution in [3.05, 3.63) is 107 Å². The van der Waals surface area contributed by atoms with Crippen molar-refractivity contribution in [1.29, 1.82) is 0 Å². The Morgan fingerprint density at radius 2 is 1.34 bits per heavy atom. The standard InChI is InChI=1S/C25H21N3O4/c26-22(29)18-12-10-17(11-13-18)15-27-23(30)21(14-16-6-2-1-3-7-16)28-24(31)19-8-4-5-9-20(19)25(28)32/h1-13,21H,14-15H2,(H2,26,29)(H,27,30). The summed E-state index contributed by atoms with van der Waals surface area (Å²) in [6, 6.07) is 21.3. The van der Waals surface area contributed by atoms with Crippen LogP contribution in [0.5, 0.6) is 0 Å². The lowest BCUT2D eigenvalue weighted by Crippen LogP contribution is -2.50. The van der Waals surface area contributed by atoms with Crippen LogP contribution in [-0.2, 0) is 17.8 Å². The van der Waals surface area contributed by atoms with E-state index in [4.69, 9.17) is 5.73 Å². The summed E-state index contributed by atoms with van der Waals surface area (Å²) < 4.78 is 0. The second-order valence-electron chi connectivity index (χ2n) is 7.51. The molecule has 0 aliphatic carbocycles. The van der Waals surface area contributed by atoms with Gasteiger partial charge in [-0.05, 0) is 35.4 Å². The van der Waals surface area contributed by atoms with Crippen molar-refractivity contribution in [3.8, 4) is 0 Å². The molecule has 0 aromatic heterocycles. The molecule has 3 N–H and O–H groups in total. The van der Waals surface area contributed by atoms with Crippen LogP contribution in [0.25, 0.3) is 0 Å². The third-order valence-corrected chi connectivity index (χ3v) is 5.42. The molecular weight excluding hydrogens is 406 g/mol. The molecule has 160 valence electrons. The maximum atomic E-state index is 13.2. The quantitative estimate of drug-likeness (QED) is 0.564. The van der Waals surface area contributed by atoms with Gasteiger partial charge in [0.2, 0.25) is 11.8 Å². The normalized spacial score (nSPS) is 13.6. The van der Waals surface area contributed by atoms with E-state index in [1.165, 1.54) is 0 Å². The van der Waals surface area contributed by atoms with Gasteiger partial charge in [0.15, 0.2) is 0 Å². The Morgan fingerprint density at radius 1 is 0.781 bits per heavy atom. The van der Waals surface area contributed by atoms with Gasteiger partial charge in [-0.1, -0.05) is 54.6 Å². The molecule has 0 bridgehead atoms. The van der Waals surface area contributed by atoms with Crippen molar-refractivity contribution in [3.63, 3.8) is 0 Å². The molecule has 0 saturated heterocycles. The lowest BCUT2D eigenvalue weighted by atomic mass is 10.0. The van der Waals surface area contributed by atoms with Crippen molar-refractivity contribution in [1.82, 2.24) is 10.2 Å². The van der Waals surface area contributed by atoms with Crippen LogP contribution in [0.15, 0.2) is 78.9 Å². The van der Waals surface area contributed by atoms with Gasteiger partial charge >= 0.3 is 0 Å². The van der Waals surface area contributed by atoms with Gasteiger partial charge in [0.1, 0.15) is 6.04 Å². The van der Waals surface area contributed by atoms with Crippen LogP contribution in [0.4, 0.5) is 0 Å². The Hall–Kier alpha value is -4.26. The molecule has 0 spiro atoms. The van der Waals surface area contributed by atoms with E-state index in [-0.39, 0.29) is 13.0 Å². The van der Waals surface area contributed by atoms with E-state index in [1.54, 1.807) is 48.5 Å². The molecule has 4 rings (SSSR count). The predicted octanol–water partition coefficient (Wildman–Crippen LogP) is 2.31. The predicted molar refractivity (Wildman–Crippen MR) is 118 cm³/mol. The molecule has 7 nitrogen and oxygen atoms in total. The van der Waals surface area contributed by atoms with Gasteiger partial charge in [-0.3, -0.25) is 24.1 Å². The first-order valence-corrected chi connectivity index (χ1v) is 10.1. The van der Waals surface area contributed by atoms with Crippen molar-refractivity contribution >= 4 is 23.6 Å². The van der Waals surface area contributed by atoms with E-state index < -0.39 is 29.7 Å². The van der Waals surface area contributed by atoms with E-state index >= 15 is 0 Å². The van der Waals surface area contributed by atoms with E-state index in [0.717, 1.165) is 16.0 Å². The fraction of sp³-hybridized carbons (Fsp3) is 0.120. The van der Waals surface area contributed by atoms with Gasteiger partial charge in [-0.2, -0.15) is 0 Å². The number of fused-ring (bicyclic) bond motifs is 1. The van der Waals surface area contributed by atoms with Crippen LogP contribution in [0.3, 0.4) is 0 Å². The van der Waals surface area contributed by atoms with E-state index in [0.29, 0.717) is 16.7 Å². The van der Waals surface area contributed by atoms with E-state index in [2.05, 4.69) is 5.32 Å². The first-order chi connectivity index (χ1) is 15.5. The van der Waals surface area contributed by atoms with Gasteiger partial charge in [-0.25, -0.2) is 0 Å². The Kier molecular flexibility index (Phi) is 5.81. The summed E-state index contributed by atoms with van der Waals surface area (Å²) in [6.07, 6.45) is 0.193. The van der Waals surface area contributed by atoms with Crippen LogP contribution in [0.2, 0.25) is 0 Å². The van der Waals surface area contributed by atoms with Crippen LogP contribution in [-0.4, -0.2) is 34.6 Å². The molecule has 7 heteroatoms. The minimum absolute atomic E-state index is 0.173. The number of carbonyl (C=O) groups excluding carboxylic acids is 4. The zero-order valence-electron chi connectivity index (χ0n) is 17.2. The number of primary amides is 1. The number of nitrogens with zero attached hydrogens (tertiary/aromatic N) is 1. The van der Waals surface area contributed by atoms with Crippen LogP contribution in [0, 0.1) is 0 Å². The lowest BCUT2D eigenvalue weighted by molar-refractivity contribution is -0.125. The van der Waals surface area contributed by atoms with Gasteiger partial charge in [0.25, 0.3) is 11.8 Å². The van der Waals surface area contributed by atoms with Gasteiger partial charge < -0.3 is 11.1 Å². The fourth-order valence-electron chi connectivity index (χ4n) is 3.72. The molecule has 4 amide bonds. The number of hydrogen-bond donors (Lipinski definition) is 2. The molecule has 3 aromatic rings. The second kappa shape index (κ2) is 8.85. The molecule has 1 atom stereocenters. The number of nitrogens with one attached hydrogen (secondary N) is 1. The first kappa shape index (κ1) is 21.0. The summed E-state index contributed by atoms with van der Waals surface area (Å²) in [5, 5.41) is 2.81. The highest BCUT2D eigenvalue weighted by molar-refractivity contribution is 6.22. The highest BCUT2D eigenvalue weighted by atomic mass is 16.2. The minimum Gasteiger partial charge on any atom is -0.366 e. The molecule has 0 radical (unpaired) electrons. The first-order valence-electron chi connectivity index (χ1n) is 10.1. The summed E-state index contributed by atoms with van der Waals surface area (Å²) in [4.78, 5) is 51.5. The number of imide groups is 1. The number of hydrogen-bond acceptors (Lipinski definition) is 4. The van der Waals surface area contributed by atoms with Crippen molar-refractivity contribution in [2.24, 2.45) is 5.73 Å². The molecule has 0 saturated carbocycles. The number of nitrogens with two attached hydrogens (primary N) is 1. The van der Waals surface area contributed by atoms with Crippen molar-refractivity contribution < 1.29 is 19.2 Å². The molecule has 1 aliphatic rings. The summed E-state index contributed by atoms with van der Waals surface area (Å²) >= 11 is 0. The zero-order valence-corrected chi connectivity index (χ0v) is 17.2. The number of rotatable bonds is 7. The second-order valence-corrected chi connectivity index (χ2v) is 7.51. The molecule has 1 unspecified atom stereocenters. The number of carbonyl (C=O) groups is 4. The van der Waals surface area contributed by atoms with Gasteiger partial charge in [0.05, 0.1) is 11.1 Å². The third kappa shape index (κ3) is 4.13. The van der Waals surface area contributed by atoms with E-state index in [1.807, 2.05) is 30.3 Å². The summed E-state index contributed by atoms with van der Waals surface area (Å²) in [7, 11) is 0. The third-order valence-electron chi connectivity index (χ3n) is 5.42. The highest BCUT2D eigenvalue weighted by Gasteiger charge is 2.42.